The molecule has 84 valence electrons. The molecule has 1 unspecified atom stereocenters. The minimum absolute atomic E-state index is 0.0828. The van der Waals surface area contributed by atoms with Gasteiger partial charge in [0.15, 0.2) is 0 Å². The molecule has 1 aromatic rings. The van der Waals surface area contributed by atoms with E-state index in [4.69, 9.17) is 17.3 Å². The topological polar surface area (TPSA) is 49.5 Å². The van der Waals surface area contributed by atoms with Crippen LogP contribution in [0.25, 0.3) is 5.57 Å². The SMILES string of the molecule is CN1C=CC=C(c2ccc(N)c(O)c2)C1Cl. The summed E-state index contributed by atoms with van der Waals surface area (Å²) in [5, 5.41) is 9.56. The molecule has 0 bridgehead atoms. The van der Waals surface area contributed by atoms with Crippen molar-refractivity contribution in [2.75, 3.05) is 12.8 Å². The molecule has 1 heterocycles. The van der Waals surface area contributed by atoms with Crippen LogP contribution in [0, 0.1) is 0 Å². The summed E-state index contributed by atoms with van der Waals surface area (Å²) in [6.07, 6.45) is 5.75. The first-order chi connectivity index (χ1) is 7.59. The second-order valence-corrected chi connectivity index (χ2v) is 4.15. The molecule has 1 aromatic carbocycles. The predicted molar refractivity (Wildman–Crippen MR) is 67.0 cm³/mol. The number of rotatable bonds is 1. The van der Waals surface area contributed by atoms with Gasteiger partial charge in [-0.15, -0.1) is 0 Å². The number of alkyl halides is 1. The van der Waals surface area contributed by atoms with Crippen molar-refractivity contribution < 1.29 is 5.11 Å². The number of nitrogens with two attached hydrogens (primary N) is 1. The van der Waals surface area contributed by atoms with Gasteiger partial charge in [0, 0.05) is 13.2 Å². The zero-order valence-electron chi connectivity index (χ0n) is 8.89. The van der Waals surface area contributed by atoms with Crippen LogP contribution in [0.1, 0.15) is 5.56 Å². The molecule has 2 rings (SSSR count). The van der Waals surface area contributed by atoms with Crippen LogP contribution < -0.4 is 5.73 Å². The number of phenolic OH excluding ortho intramolecular Hbond substituents is 1. The summed E-state index contributed by atoms with van der Waals surface area (Å²) in [5.41, 5.74) is 7.52. The highest BCUT2D eigenvalue weighted by Crippen LogP contribution is 2.31. The molecule has 0 aromatic heterocycles. The van der Waals surface area contributed by atoms with Crippen molar-refractivity contribution >= 4 is 22.9 Å². The molecule has 0 radical (unpaired) electrons. The number of nitrogens with zero attached hydrogens (tertiary/aromatic N) is 1. The zero-order chi connectivity index (χ0) is 11.7. The second-order valence-electron chi connectivity index (χ2n) is 3.74. The first-order valence-corrected chi connectivity index (χ1v) is 5.36. The van der Waals surface area contributed by atoms with Crippen molar-refractivity contribution in [3.63, 3.8) is 0 Å². The van der Waals surface area contributed by atoms with Gasteiger partial charge < -0.3 is 15.7 Å². The van der Waals surface area contributed by atoms with Gasteiger partial charge in [-0.2, -0.15) is 0 Å². The van der Waals surface area contributed by atoms with Crippen LogP contribution in [0.15, 0.2) is 36.6 Å². The van der Waals surface area contributed by atoms with E-state index in [9.17, 15) is 5.11 Å². The van der Waals surface area contributed by atoms with E-state index < -0.39 is 0 Å². The number of anilines is 1. The van der Waals surface area contributed by atoms with Crippen LogP contribution in [0.5, 0.6) is 5.75 Å². The Bertz CT molecular complexity index is 468. The molecule has 1 atom stereocenters. The molecule has 3 nitrogen and oxygen atoms in total. The fourth-order valence-electron chi connectivity index (χ4n) is 1.61. The van der Waals surface area contributed by atoms with Gasteiger partial charge in [0.2, 0.25) is 0 Å². The Morgan fingerprint density at radius 2 is 2.19 bits per heavy atom. The molecule has 1 aliphatic heterocycles. The van der Waals surface area contributed by atoms with Gasteiger partial charge in [-0.1, -0.05) is 23.7 Å². The predicted octanol–water partition coefficient (Wildman–Crippen LogP) is 2.38. The molecular formula is C12H13ClN2O. The number of hydrogen-bond acceptors (Lipinski definition) is 3. The Morgan fingerprint density at radius 3 is 2.88 bits per heavy atom. The largest absolute Gasteiger partial charge is 0.506 e. The zero-order valence-corrected chi connectivity index (χ0v) is 9.65. The number of allylic oxidation sites excluding steroid dienone is 2. The van der Waals surface area contributed by atoms with Gasteiger partial charge in [0.05, 0.1) is 5.69 Å². The first kappa shape index (κ1) is 10.9. The Labute approximate surface area is 99.4 Å². The summed E-state index contributed by atoms with van der Waals surface area (Å²) in [7, 11) is 1.90. The molecular weight excluding hydrogens is 224 g/mol. The second kappa shape index (κ2) is 4.10. The van der Waals surface area contributed by atoms with Crippen LogP contribution in [0.3, 0.4) is 0 Å². The first-order valence-electron chi connectivity index (χ1n) is 4.93. The van der Waals surface area contributed by atoms with Crippen molar-refractivity contribution in [3.8, 4) is 5.75 Å². The molecule has 0 saturated heterocycles. The Balaban J connectivity index is 2.41. The normalized spacial score (nSPS) is 19.8. The van der Waals surface area contributed by atoms with Gasteiger partial charge in [-0.3, -0.25) is 0 Å². The highest BCUT2D eigenvalue weighted by atomic mass is 35.5. The third-order valence-corrected chi connectivity index (χ3v) is 3.12. The summed E-state index contributed by atoms with van der Waals surface area (Å²) in [5.74, 6) is 0.0828. The average Bonchev–Trinajstić information content (AvgIpc) is 2.26. The van der Waals surface area contributed by atoms with E-state index >= 15 is 0 Å². The monoisotopic (exact) mass is 236 g/mol. The van der Waals surface area contributed by atoms with Crippen LogP contribution in [-0.4, -0.2) is 22.6 Å². The summed E-state index contributed by atoms with van der Waals surface area (Å²) in [4.78, 5) is 1.89. The van der Waals surface area contributed by atoms with E-state index in [1.165, 1.54) is 0 Å². The van der Waals surface area contributed by atoms with E-state index in [-0.39, 0.29) is 11.3 Å². The Morgan fingerprint density at radius 1 is 1.44 bits per heavy atom. The van der Waals surface area contributed by atoms with Crippen LogP contribution >= 0.6 is 11.6 Å². The maximum absolute atomic E-state index is 9.56. The lowest BCUT2D eigenvalue weighted by Gasteiger charge is -2.26. The molecule has 0 aliphatic carbocycles. The van der Waals surface area contributed by atoms with E-state index in [1.807, 2.05) is 36.4 Å². The van der Waals surface area contributed by atoms with Gasteiger partial charge in [0.25, 0.3) is 0 Å². The maximum atomic E-state index is 9.56. The number of halogens is 1. The molecule has 3 N–H and O–H groups in total. The smallest absolute Gasteiger partial charge is 0.139 e. The summed E-state index contributed by atoms with van der Waals surface area (Å²) in [6.45, 7) is 0. The lowest BCUT2D eigenvalue weighted by Crippen LogP contribution is -2.24. The van der Waals surface area contributed by atoms with E-state index in [2.05, 4.69) is 0 Å². The fourth-order valence-corrected chi connectivity index (χ4v) is 1.88. The van der Waals surface area contributed by atoms with Crippen molar-refractivity contribution in [1.82, 2.24) is 4.90 Å². The quantitative estimate of drug-likeness (QED) is 0.341. The highest BCUT2D eigenvalue weighted by Gasteiger charge is 2.18. The molecule has 0 saturated carbocycles. The van der Waals surface area contributed by atoms with Gasteiger partial charge in [0.1, 0.15) is 11.3 Å². The van der Waals surface area contributed by atoms with Crippen LogP contribution in [0.4, 0.5) is 5.69 Å². The van der Waals surface area contributed by atoms with Crippen molar-refractivity contribution in [3.05, 3.63) is 42.1 Å². The number of benzene rings is 1. The number of phenols is 1. The number of nitrogen functional groups attached to an aromatic ring is 1. The lowest BCUT2D eigenvalue weighted by molar-refractivity contribution is 0.472. The summed E-state index contributed by atoms with van der Waals surface area (Å²) in [6, 6.07) is 5.15. The molecule has 1 aliphatic rings. The Hall–Kier alpha value is -1.61. The van der Waals surface area contributed by atoms with Crippen LogP contribution in [-0.2, 0) is 0 Å². The summed E-state index contributed by atoms with van der Waals surface area (Å²) < 4.78 is 0. The fraction of sp³-hybridized carbons (Fsp3) is 0.167. The average molecular weight is 237 g/mol. The van der Waals surface area contributed by atoms with Crippen molar-refractivity contribution in [2.45, 2.75) is 5.50 Å². The number of hydrogen-bond donors (Lipinski definition) is 2. The van der Waals surface area contributed by atoms with Crippen molar-refractivity contribution in [1.29, 1.82) is 0 Å². The van der Waals surface area contributed by atoms with Gasteiger partial charge in [-0.05, 0) is 29.3 Å². The molecule has 0 fully saturated rings. The van der Waals surface area contributed by atoms with E-state index in [0.717, 1.165) is 11.1 Å². The molecule has 16 heavy (non-hydrogen) atoms. The third-order valence-electron chi connectivity index (χ3n) is 2.57. The molecule has 0 amide bonds. The van der Waals surface area contributed by atoms with E-state index in [0.29, 0.717) is 5.69 Å². The summed E-state index contributed by atoms with van der Waals surface area (Å²) >= 11 is 6.25. The molecule has 4 heteroatoms. The van der Waals surface area contributed by atoms with Gasteiger partial charge in [-0.25, -0.2) is 0 Å². The lowest BCUT2D eigenvalue weighted by atomic mass is 10.0. The third kappa shape index (κ3) is 1.86. The standard InChI is InChI=1S/C12H13ClN2O/c1-15-6-2-3-9(12(15)13)8-4-5-10(14)11(16)7-8/h2-7,12,16H,14H2,1H3. The minimum atomic E-state index is -0.229. The Kier molecular flexibility index (Phi) is 2.79. The minimum Gasteiger partial charge on any atom is -0.506 e. The van der Waals surface area contributed by atoms with Crippen molar-refractivity contribution in [2.24, 2.45) is 0 Å². The number of likely N-dealkylation sites (N-methyl/N-ethyl adjacent to an activating group) is 1. The van der Waals surface area contributed by atoms with Gasteiger partial charge >= 0.3 is 0 Å². The van der Waals surface area contributed by atoms with E-state index in [1.54, 1.807) is 12.1 Å². The maximum Gasteiger partial charge on any atom is 0.139 e. The molecule has 0 spiro atoms. The number of aromatic hydroxyl groups is 1. The highest BCUT2D eigenvalue weighted by molar-refractivity contribution is 6.26. The van der Waals surface area contributed by atoms with Crippen LogP contribution in [0.2, 0.25) is 0 Å².